The third kappa shape index (κ3) is 1.59. The number of hydrogen-bond donors (Lipinski definition) is 0. The molecule has 0 atom stereocenters. The van der Waals surface area contributed by atoms with Crippen LogP contribution >= 0.6 is 24.8 Å². The second-order valence-electron chi connectivity index (χ2n) is 4.52. The van der Waals surface area contributed by atoms with E-state index in [1.807, 2.05) is 0 Å². The van der Waals surface area contributed by atoms with Crippen LogP contribution in [-0.2, 0) is 0 Å². The summed E-state index contributed by atoms with van der Waals surface area (Å²) in [5.74, 6) is 3.31. The van der Waals surface area contributed by atoms with Gasteiger partial charge in [0, 0.05) is 19.6 Å². The van der Waals surface area contributed by atoms with E-state index in [4.69, 9.17) is 0 Å². The number of nitrogens with zero attached hydrogens (tertiary/aromatic N) is 1. The maximum atomic E-state index is 2.69. The highest BCUT2D eigenvalue weighted by Gasteiger charge is 2.40. The highest BCUT2D eigenvalue weighted by atomic mass is 35.5. The molecule has 0 N–H and O–H groups in total. The normalized spacial score (nSPS) is 48.0. The molecule has 0 aromatic heterocycles. The van der Waals surface area contributed by atoms with Crippen molar-refractivity contribution >= 4 is 24.8 Å². The zero-order valence-electron chi connectivity index (χ0n) is 7.24. The molecule has 3 heterocycles. The second kappa shape index (κ2) is 3.73. The number of piperidine rings is 3. The minimum Gasteiger partial charge on any atom is -0.303 e. The molecule has 4 bridgehead atoms. The molecule has 1 saturated carbocycles. The standard InChI is InChI=1S/C9H15N.2ClH/c1-7-2-9-3-8(1)5-10(4-7)6-9;;/h7-9H,1-6H2;2*1H. The topological polar surface area (TPSA) is 3.24 Å². The molecule has 12 heavy (non-hydrogen) atoms. The van der Waals surface area contributed by atoms with Crippen molar-refractivity contribution in [2.45, 2.75) is 19.3 Å². The zero-order chi connectivity index (χ0) is 6.55. The molecule has 4 rings (SSSR count). The summed E-state index contributed by atoms with van der Waals surface area (Å²) < 4.78 is 0. The van der Waals surface area contributed by atoms with Crippen LogP contribution in [0.4, 0.5) is 0 Å². The first-order chi connectivity index (χ1) is 4.90. The van der Waals surface area contributed by atoms with Crippen LogP contribution in [0.15, 0.2) is 0 Å². The minimum atomic E-state index is 0. The van der Waals surface area contributed by atoms with E-state index >= 15 is 0 Å². The lowest BCUT2D eigenvalue weighted by molar-refractivity contribution is -0.0169. The summed E-state index contributed by atoms with van der Waals surface area (Å²) in [5.41, 5.74) is 0. The van der Waals surface area contributed by atoms with Gasteiger partial charge in [-0.3, -0.25) is 0 Å². The van der Waals surface area contributed by atoms with Gasteiger partial charge in [0.05, 0.1) is 0 Å². The molecule has 4 fully saturated rings. The third-order valence-electron chi connectivity index (χ3n) is 3.55. The zero-order valence-corrected chi connectivity index (χ0v) is 8.87. The van der Waals surface area contributed by atoms with Crippen molar-refractivity contribution in [3.8, 4) is 0 Å². The van der Waals surface area contributed by atoms with Crippen molar-refractivity contribution in [2.24, 2.45) is 17.8 Å². The maximum absolute atomic E-state index is 2.69. The fourth-order valence-electron chi connectivity index (χ4n) is 3.47. The van der Waals surface area contributed by atoms with E-state index in [-0.39, 0.29) is 24.8 Å². The summed E-state index contributed by atoms with van der Waals surface area (Å²) in [6.45, 7) is 4.31. The van der Waals surface area contributed by atoms with Gasteiger partial charge in [-0.15, -0.1) is 24.8 Å². The first-order valence-electron chi connectivity index (χ1n) is 4.62. The predicted octanol–water partition coefficient (Wildman–Crippen LogP) is 2.19. The van der Waals surface area contributed by atoms with E-state index in [9.17, 15) is 0 Å². The first kappa shape index (κ1) is 10.6. The summed E-state index contributed by atoms with van der Waals surface area (Å²) in [4.78, 5) is 2.69. The van der Waals surface area contributed by atoms with Gasteiger partial charge in [-0.05, 0) is 37.0 Å². The van der Waals surface area contributed by atoms with E-state index in [1.54, 1.807) is 19.3 Å². The van der Waals surface area contributed by atoms with E-state index in [0.29, 0.717) is 0 Å². The van der Waals surface area contributed by atoms with Gasteiger partial charge in [-0.25, -0.2) is 0 Å². The molecule has 0 aromatic carbocycles. The Kier molecular flexibility index (Phi) is 3.30. The molecule has 0 spiro atoms. The summed E-state index contributed by atoms with van der Waals surface area (Å²) in [6.07, 6.45) is 4.69. The van der Waals surface area contributed by atoms with Crippen LogP contribution in [-0.4, -0.2) is 24.5 Å². The van der Waals surface area contributed by atoms with Crippen LogP contribution in [0.5, 0.6) is 0 Å². The third-order valence-corrected chi connectivity index (χ3v) is 3.55. The Bertz CT molecular complexity index is 104. The molecule has 1 nitrogen and oxygen atoms in total. The van der Waals surface area contributed by atoms with Gasteiger partial charge >= 0.3 is 0 Å². The molecular weight excluding hydrogens is 193 g/mol. The minimum absolute atomic E-state index is 0. The highest BCUT2D eigenvalue weighted by molar-refractivity contribution is 5.85. The first-order valence-corrected chi connectivity index (χ1v) is 4.62. The Morgan fingerprint density at radius 2 is 1.00 bits per heavy atom. The average Bonchev–Trinajstić information content (AvgIpc) is 1.82. The van der Waals surface area contributed by atoms with Crippen molar-refractivity contribution in [3.05, 3.63) is 0 Å². The quantitative estimate of drug-likeness (QED) is 0.592. The molecule has 3 aliphatic heterocycles. The molecule has 3 saturated heterocycles. The monoisotopic (exact) mass is 209 g/mol. The predicted molar refractivity (Wildman–Crippen MR) is 55.3 cm³/mol. The van der Waals surface area contributed by atoms with Crippen molar-refractivity contribution in [2.75, 3.05) is 19.6 Å². The van der Waals surface area contributed by atoms with Gasteiger partial charge in [0.15, 0.2) is 0 Å². The highest BCUT2D eigenvalue weighted by Crippen LogP contribution is 2.42. The summed E-state index contributed by atoms with van der Waals surface area (Å²) >= 11 is 0. The molecule has 3 heteroatoms. The molecule has 0 aromatic rings. The molecular formula is C9H17Cl2N. The maximum Gasteiger partial charge on any atom is 0.00101 e. The van der Waals surface area contributed by atoms with Gasteiger partial charge in [0.1, 0.15) is 0 Å². The largest absolute Gasteiger partial charge is 0.303 e. The van der Waals surface area contributed by atoms with Crippen molar-refractivity contribution in [1.82, 2.24) is 4.90 Å². The van der Waals surface area contributed by atoms with Crippen LogP contribution in [0.25, 0.3) is 0 Å². The molecule has 4 aliphatic rings. The van der Waals surface area contributed by atoms with Gasteiger partial charge in [0.25, 0.3) is 0 Å². The Hall–Kier alpha value is 0.540. The van der Waals surface area contributed by atoms with E-state index in [1.165, 1.54) is 19.6 Å². The summed E-state index contributed by atoms with van der Waals surface area (Å²) in [6, 6.07) is 0. The Morgan fingerprint density at radius 3 is 1.25 bits per heavy atom. The van der Waals surface area contributed by atoms with Crippen LogP contribution < -0.4 is 0 Å². The molecule has 0 unspecified atom stereocenters. The van der Waals surface area contributed by atoms with Gasteiger partial charge in [0.2, 0.25) is 0 Å². The van der Waals surface area contributed by atoms with Crippen LogP contribution in [0, 0.1) is 17.8 Å². The lowest BCUT2D eigenvalue weighted by Gasteiger charge is -2.51. The van der Waals surface area contributed by atoms with Crippen molar-refractivity contribution in [3.63, 3.8) is 0 Å². The number of halogens is 2. The van der Waals surface area contributed by atoms with Crippen LogP contribution in [0.1, 0.15) is 19.3 Å². The molecule has 0 amide bonds. The van der Waals surface area contributed by atoms with Crippen molar-refractivity contribution in [1.29, 1.82) is 0 Å². The second-order valence-corrected chi connectivity index (χ2v) is 4.52. The Morgan fingerprint density at radius 1 is 0.667 bits per heavy atom. The fraction of sp³-hybridized carbons (Fsp3) is 1.00. The molecule has 0 radical (unpaired) electrons. The summed E-state index contributed by atoms with van der Waals surface area (Å²) in [7, 11) is 0. The van der Waals surface area contributed by atoms with Gasteiger partial charge < -0.3 is 4.90 Å². The number of rotatable bonds is 0. The SMILES string of the molecule is C1C2CC3CC1CN(C2)C3.Cl.Cl. The molecule has 1 aliphatic carbocycles. The summed E-state index contributed by atoms with van der Waals surface area (Å²) in [5, 5.41) is 0. The van der Waals surface area contributed by atoms with Gasteiger partial charge in [-0.2, -0.15) is 0 Å². The lowest BCUT2D eigenvalue weighted by atomic mass is 9.68. The van der Waals surface area contributed by atoms with E-state index < -0.39 is 0 Å². The van der Waals surface area contributed by atoms with Gasteiger partial charge in [-0.1, -0.05) is 0 Å². The lowest BCUT2D eigenvalue weighted by Crippen LogP contribution is -2.53. The van der Waals surface area contributed by atoms with E-state index in [2.05, 4.69) is 4.90 Å². The average molecular weight is 210 g/mol. The van der Waals surface area contributed by atoms with Crippen LogP contribution in [0.3, 0.4) is 0 Å². The van der Waals surface area contributed by atoms with Crippen LogP contribution in [0.2, 0.25) is 0 Å². The molecule has 72 valence electrons. The fourth-order valence-corrected chi connectivity index (χ4v) is 3.47. The Balaban J connectivity index is 0.000000360. The van der Waals surface area contributed by atoms with Crippen molar-refractivity contribution < 1.29 is 0 Å². The Labute approximate surface area is 86.7 Å². The number of hydrogen-bond acceptors (Lipinski definition) is 1. The smallest absolute Gasteiger partial charge is 0.00101 e. The van der Waals surface area contributed by atoms with E-state index in [0.717, 1.165) is 17.8 Å².